The minimum absolute atomic E-state index is 0.0628. The van der Waals surface area contributed by atoms with Crippen LogP contribution in [0.25, 0.3) is 11.3 Å². The van der Waals surface area contributed by atoms with Crippen LogP contribution in [0.5, 0.6) is 0 Å². The molecule has 0 spiro atoms. The molecule has 25 heavy (non-hydrogen) atoms. The third kappa shape index (κ3) is 2.80. The van der Waals surface area contributed by atoms with Gasteiger partial charge in [0.1, 0.15) is 17.5 Å². The molecule has 126 valence electrons. The molecule has 2 aromatic carbocycles. The molecule has 0 N–H and O–H groups in total. The minimum atomic E-state index is -0.526. The minimum Gasteiger partial charge on any atom is -0.329 e. The number of aromatic nitrogens is 2. The average Bonchev–Trinajstić information content (AvgIpc) is 3.05. The summed E-state index contributed by atoms with van der Waals surface area (Å²) in [6.07, 6.45) is 1.68. The van der Waals surface area contributed by atoms with Gasteiger partial charge in [0.15, 0.2) is 0 Å². The van der Waals surface area contributed by atoms with Crippen molar-refractivity contribution in [1.29, 1.82) is 0 Å². The molecule has 1 aliphatic heterocycles. The molecule has 6 heteroatoms. The first-order valence-corrected chi connectivity index (χ1v) is 7.97. The number of hydrogen-bond donors (Lipinski definition) is 0. The van der Waals surface area contributed by atoms with Gasteiger partial charge in [0.05, 0.1) is 24.0 Å². The molecule has 0 aliphatic carbocycles. The molecule has 0 bridgehead atoms. The Bertz CT molecular complexity index is 951. The number of benzene rings is 2. The van der Waals surface area contributed by atoms with Gasteiger partial charge in [-0.2, -0.15) is 0 Å². The Kier molecular flexibility index (Phi) is 3.80. The molecule has 0 saturated carbocycles. The van der Waals surface area contributed by atoms with Gasteiger partial charge < -0.3 is 9.47 Å². The Balaban J connectivity index is 1.61. The summed E-state index contributed by atoms with van der Waals surface area (Å²) in [6.45, 7) is 1.27. The fourth-order valence-electron chi connectivity index (χ4n) is 3.12. The Hall–Kier alpha value is -3.02. The van der Waals surface area contributed by atoms with Gasteiger partial charge in [-0.3, -0.25) is 4.79 Å². The lowest BCUT2D eigenvalue weighted by Gasteiger charge is -2.28. The SMILES string of the molecule is O=C(c1ccccc1F)N1CCn2c(-c3cccc(F)c3)cnc2C1. The van der Waals surface area contributed by atoms with Crippen molar-refractivity contribution < 1.29 is 13.6 Å². The van der Waals surface area contributed by atoms with E-state index in [-0.39, 0.29) is 17.3 Å². The molecule has 0 radical (unpaired) electrons. The molecule has 4 rings (SSSR count). The Labute approximate surface area is 143 Å². The molecule has 2 heterocycles. The predicted octanol–water partition coefficient (Wildman–Crippen LogP) is 3.48. The Morgan fingerprint density at radius 2 is 1.88 bits per heavy atom. The molecule has 1 amide bonds. The second kappa shape index (κ2) is 6.12. The number of carbonyl (C=O) groups excluding carboxylic acids is 1. The van der Waals surface area contributed by atoms with Gasteiger partial charge >= 0.3 is 0 Å². The van der Waals surface area contributed by atoms with E-state index in [4.69, 9.17) is 0 Å². The summed E-state index contributed by atoms with van der Waals surface area (Å²) < 4.78 is 29.3. The van der Waals surface area contributed by atoms with Gasteiger partial charge in [-0.1, -0.05) is 24.3 Å². The van der Waals surface area contributed by atoms with E-state index in [9.17, 15) is 13.6 Å². The van der Waals surface area contributed by atoms with Gasteiger partial charge in [0.25, 0.3) is 5.91 Å². The smallest absolute Gasteiger partial charge is 0.257 e. The lowest BCUT2D eigenvalue weighted by atomic mass is 10.1. The van der Waals surface area contributed by atoms with E-state index in [2.05, 4.69) is 4.98 Å². The second-order valence-corrected chi connectivity index (χ2v) is 5.93. The maximum Gasteiger partial charge on any atom is 0.257 e. The van der Waals surface area contributed by atoms with Crippen LogP contribution in [0.4, 0.5) is 8.78 Å². The zero-order valence-corrected chi connectivity index (χ0v) is 13.3. The number of imidazole rings is 1. The van der Waals surface area contributed by atoms with E-state index in [1.165, 1.54) is 24.3 Å². The molecule has 0 atom stereocenters. The third-order valence-electron chi connectivity index (χ3n) is 4.38. The molecule has 1 aliphatic rings. The fraction of sp³-hybridized carbons (Fsp3) is 0.158. The van der Waals surface area contributed by atoms with Crippen LogP contribution in [0.2, 0.25) is 0 Å². The number of halogens is 2. The highest BCUT2D eigenvalue weighted by molar-refractivity contribution is 5.94. The lowest BCUT2D eigenvalue weighted by Crippen LogP contribution is -2.38. The summed E-state index contributed by atoms with van der Waals surface area (Å²) >= 11 is 0. The molecule has 4 nitrogen and oxygen atoms in total. The van der Waals surface area contributed by atoms with Crippen molar-refractivity contribution in [2.75, 3.05) is 6.54 Å². The van der Waals surface area contributed by atoms with Crippen LogP contribution >= 0.6 is 0 Å². The number of rotatable bonds is 2. The molecule has 0 saturated heterocycles. The average molecular weight is 339 g/mol. The topological polar surface area (TPSA) is 38.1 Å². The van der Waals surface area contributed by atoms with Crippen molar-refractivity contribution in [3.05, 3.63) is 77.8 Å². The molecule has 3 aromatic rings. The zero-order valence-electron chi connectivity index (χ0n) is 13.3. The van der Waals surface area contributed by atoms with Crippen LogP contribution in [-0.2, 0) is 13.1 Å². The summed E-state index contributed by atoms with van der Waals surface area (Å²) in [7, 11) is 0. The van der Waals surface area contributed by atoms with Crippen molar-refractivity contribution >= 4 is 5.91 Å². The second-order valence-electron chi connectivity index (χ2n) is 5.93. The van der Waals surface area contributed by atoms with Gasteiger partial charge in [-0.25, -0.2) is 13.8 Å². The molecular weight excluding hydrogens is 324 g/mol. The summed E-state index contributed by atoms with van der Waals surface area (Å²) in [4.78, 5) is 18.5. The standard InChI is InChI=1S/C19H15F2N3O/c20-14-5-3-4-13(10-14)17-11-22-18-12-23(8-9-24(17)18)19(25)15-6-1-2-7-16(15)21/h1-7,10-11H,8-9,12H2. The van der Waals surface area contributed by atoms with Crippen molar-refractivity contribution in [1.82, 2.24) is 14.5 Å². The van der Waals surface area contributed by atoms with Gasteiger partial charge in [0, 0.05) is 18.7 Å². The molecule has 0 unspecified atom stereocenters. The van der Waals surface area contributed by atoms with E-state index >= 15 is 0 Å². The van der Waals surface area contributed by atoms with Crippen LogP contribution < -0.4 is 0 Å². The lowest BCUT2D eigenvalue weighted by molar-refractivity contribution is 0.0703. The van der Waals surface area contributed by atoms with Crippen molar-refractivity contribution in [2.24, 2.45) is 0 Å². The van der Waals surface area contributed by atoms with Crippen molar-refractivity contribution in [3.63, 3.8) is 0 Å². The predicted molar refractivity (Wildman–Crippen MR) is 88.8 cm³/mol. The molecule has 1 aromatic heterocycles. The highest BCUT2D eigenvalue weighted by atomic mass is 19.1. The van der Waals surface area contributed by atoms with E-state index in [0.717, 1.165) is 11.3 Å². The van der Waals surface area contributed by atoms with Crippen LogP contribution in [0, 0.1) is 11.6 Å². The quantitative estimate of drug-likeness (QED) is 0.717. The van der Waals surface area contributed by atoms with Crippen LogP contribution in [-0.4, -0.2) is 26.9 Å². The van der Waals surface area contributed by atoms with Crippen molar-refractivity contribution in [2.45, 2.75) is 13.1 Å². The number of fused-ring (bicyclic) bond motifs is 1. The number of carbonyl (C=O) groups is 1. The molecule has 0 fully saturated rings. The van der Waals surface area contributed by atoms with Crippen molar-refractivity contribution in [3.8, 4) is 11.3 Å². The largest absolute Gasteiger partial charge is 0.329 e. The fourth-order valence-corrected chi connectivity index (χ4v) is 3.12. The first-order valence-electron chi connectivity index (χ1n) is 7.97. The Morgan fingerprint density at radius 3 is 2.68 bits per heavy atom. The number of amides is 1. The first kappa shape index (κ1) is 15.5. The highest BCUT2D eigenvalue weighted by Gasteiger charge is 2.26. The van der Waals surface area contributed by atoms with Gasteiger partial charge in [0.2, 0.25) is 0 Å². The highest BCUT2D eigenvalue weighted by Crippen LogP contribution is 2.25. The maximum absolute atomic E-state index is 13.9. The van der Waals surface area contributed by atoms with Gasteiger partial charge in [-0.15, -0.1) is 0 Å². The summed E-state index contributed by atoms with van der Waals surface area (Å²) in [5.74, 6) is -0.475. The van der Waals surface area contributed by atoms with E-state index < -0.39 is 5.82 Å². The summed E-state index contributed by atoms with van der Waals surface area (Å²) in [5, 5.41) is 0. The maximum atomic E-state index is 13.9. The Morgan fingerprint density at radius 1 is 1.04 bits per heavy atom. The summed E-state index contributed by atoms with van der Waals surface area (Å²) in [5.41, 5.74) is 1.62. The van der Waals surface area contributed by atoms with E-state index in [1.54, 1.807) is 29.3 Å². The normalized spacial score (nSPS) is 13.6. The molecular formula is C19H15F2N3O. The number of nitrogens with zero attached hydrogens (tertiary/aromatic N) is 3. The zero-order chi connectivity index (χ0) is 17.4. The van der Waals surface area contributed by atoms with Gasteiger partial charge in [-0.05, 0) is 24.3 Å². The van der Waals surface area contributed by atoms with E-state index in [1.807, 2.05) is 10.6 Å². The first-order chi connectivity index (χ1) is 12.1. The van der Waals surface area contributed by atoms with Crippen LogP contribution in [0.15, 0.2) is 54.7 Å². The summed E-state index contributed by atoms with van der Waals surface area (Å²) in [6, 6.07) is 12.3. The van der Waals surface area contributed by atoms with Crippen LogP contribution in [0.1, 0.15) is 16.2 Å². The third-order valence-corrected chi connectivity index (χ3v) is 4.38. The van der Waals surface area contributed by atoms with Crippen LogP contribution in [0.3, 0.4) is 0 Å². The number of hydrogen-bond acceptors (Lipinski definition) is 2. The monoisotopic (exact) mass is 339 g/mol. The van der Waals surface area contributed by atoms with E-state index in [0.29, 0.717) is 25.5 Å².